The van der Waals surface area contributed by atoms with Crippen LogP contribution < -0.4 is 10.2 Å². The molecule has 3 rings (SSSR count). The van der Waals surface area contributed by atoms with Crippen molar-refractivity contribution >= 4 is 17.4 Å². The third-order valence-electron chi connectivity index (χ3n) is 3.11. The Labute approximate surface area is 116 Å². The van der Waals surface area contributed by atoms with E-state index in [0.29, 0.717) is 0 Å². The number of halogens is 1. The number of hydrogen-bond donors (Lipinski definition) is 1. The van der Waals surface area contributed by atoms with Crippen LogP contribution in [0.4, 0.5) is 5.82 Å². The lowest BCUT2D eigenvalue weighted by atomic mass is 10.2. The number of aromatic nitrogens is 3. The van der Waals surface area contributed by atoms with Gasteiger partial charge < -0.3 is 10.2 Å². The van der Waals surface area contributed by atoms with Crippen molar-refractivity contribution in [1.82, 2.24) is 20.3 Å². The molecular weight excluding hydrogens is 262 g/mol. The van der Waals surface area contributed by atoms with Gasteiger partial charge in [0.25, 0.3) is 0 Å². The van der Waals surface area contributed by atoms with Crippen molar-refractivity contribution in [2.75, 3.05) is 31.1 Å². The SMILES string of the molecule is Clc1nccc(-c2ccc(N3CCNCC3)nc2)n1. The molecule has 0 saturated carbocycles. The summed E-state index contributed by atoms with van der Waals surface area (Å²) >= 11 is 5.79. The average Bonchev–Trinajstić information content (AvgIpc) is 2.48. The topological polar surface area (TPSA) is 53.9 Å². The van der Waals surface area contributed by atoms with Gasteiger partial charge in [0.2, 0.25) is 5.28 Å². The molecule has 1 N–H and O–H groups in total. The fraction of sp³-hybridized carbons (Fsp3) is 0.308. The van der Waals surface area contributed by atoms with E-state index in [4.69, 9.17) is 11.6 Å². The van der Waals surface area contributed by atoms with Gasteiger partial charge in [0.1, 0.15) is 5.82 Å². The molecule has 1 fully saturated rings. The van der Waals surface area contributed by atoms with Crippen molar-refractivity contribution in [2.45, 2.75) is 0 Å². The molecule has 3 heterocycles. The van der Waals surface area contributed by atoms with E-state index in [2.05, 4.69) is 25.2 Å². The summed E-state index contributed by atoms with van der Waals surface area (Å²) in [5.74, 6) is 1.01. The van der Waals surface area contributed by atoms with E-state index in [1.54, 1.807) is 6.20 Å². The van der Waals surface area contributed by atoms with Gasteiger partial charge >= 0.3 is 0 Å². The molecule has 98 valence electrons. The van der Waals surface area contributed by atoms with E-state index in [0.717, 1.165) is 43.3 Å². The van der Waals surface area contributed by atoms with Gasteiger partial charge in [-0.25, -0.2) is 15.0 Å². The van der Waals surface area contributed by atoms with E-state index in [1.165, 1.54) is 0 Å². The molecule has 19 heavy (non-hydrogen) atoms. The summed E-state index contributed by atoms with van der Waals surface area (Å²) in [6.45, 7) is 3.99. The Bertz CT molecular complexity index is 551. The van der Waals surface area contributed by atoms with E-state index < -0.39 is 0 Å². The summed E-state index contributed by atoms with van der Waals surface area (Å²) in [5, 5.41) is 3.58. The highest BCUT2D eigenvalue weighted by Gasteiger charge is 2.11. The monoisotopic (exact) mass is 275 g/mol. The van der Waals surface area contributed by atoms with Crippen molar-refractivity contribution in [2.24, 2.45) is 0 Å². The van der Waals surface area contributed by atoms with Crippen LogP contribution in [-0.2, 0) is 0 Å². The zero-order valence-corrected chi connectivity index (χ0v) is 11.1. The van der Waals surface area contributed by atoms with Crippen molar-refractivity contribution < 1.29 is 0 Å². The second-order valence-electron chi connectivity index (χ2n) is 4.35. The molecule has 0 aromatic carbocycles. The molecule has 0 spiro atoms. The molecule has 6 heteroatoms. The minimum Gasteiger partial charge on any atom is -0.354 e. The number of piperazine rings is 1. The van der Waals surface area contributed by atoms with Crippen molar-refractivity contribution in [3.05, 3.63) is 35.9 Å². The molecule has 1 aliphatic heterocycles. The first-order chi connectivity index (χ1) is 9.33. The highest BCUT2D eigenvalue weighted by Crippen LogP contribution is 2.19. The maximum Gasteiger partial charge on any atom is 0.222 e. The molecule has 5 nitrogen and oxygen atoms in total. The van der Waals surface area contributed by atoms with Gasteiger partial charge in [-0.2, -0.15) is 0 Å². The Kier molecular flexibility index (Phi) is 3.57. The van der Waals surface area contributed by atoms with Gasteiger partial charge in [-0.1, -0.05) is 0 Å². The van der Waals surface area contributed by atoms with Crippen LogP contribution >= 0.6 is 11.6 Å². The maximum atomic E-state index is 5.79. The molecule has 0 amide bonds. The van der Waals surface area contributed by atoms with Crippen LogP contribution in [0.15, 0.2) is 30.6 Å². The molecule has 2 aromatic rings. The molecule has 0 aliphatic carbocycles. The third kappa shape index (κ3) is 2.83. The summed E-state index contributed by atoms with van der Waals surface area (Å²) in [6.07, 6.45) is 3.48. The quantitative estimate of drug-likeness (QED) is 0.844. The van der Waals surface area contributed by atoms with Gasteiger partial charge in [-0.15, -0.1) is 0 Å². The minimum absolute atomic E-state index is 0.253. The first-order valence-electron chi connectivity index (χ1n) is 6.23. The van der Waals surface area contributed by atoms with Gasteiger partial charge in [0, 0.05) is 44.1 Å². The Morgan fingerprint density at radius 1 is 1.11 bits per heavy atom. The Balaban J connectivity index is 1.82. The van der Waals surface area contributed by atoms with Crippen LogP contribution in [0.1, 0.15) is 0 Å². The summed E-state index contributed by atoms with van der Waals surface area (Å²) in [4.78, 5) is 14.8. The molecule has 2 aromatic heterocycles. The van der Waals surface area contributed by atoms with Crippen LogP contribution in [0.5, 0.6) is 0 Å². The zero-order chi connectivity index (χ0) is 13.1. The fourth-order valence-corrected chi connectivity index (χ4v) is 2.26. The van der Waals surface area contributed by atoms with Gasteiger partial charge in [0.05, 0.1) is 5.69 Å². The number of nitrogens with one attached hydrogen (secondary N) is 1. The van der Waals surface area contributed by atoms with E-state index in [-0.39, 0.29) is 5.28 Å². The number of pyridine rings is 1. The average molecular weight is 276 g/mol. The Hall–Kier alpha value is -1.72. The zero-order valence-electron chi connectivity index (χ0n) is 10.4. The smallest absolute Gasteiger partial charge is 0.222 e. The first-order valence-corrected chi connectivity index (χ1v) is 6.61. The van der Waals surface area contributed by atoms with Gasteiger partial charge in [-0.3, -0.25) is 0 Å². The number of anilines is 1. The summed E-state index contributed by atoms with van der Waals surface area (Å²) in [6, 6.07) is 5.87. The second kappa shape index (κ2) is 5.50. The highest BCUT2D eigenvalue weighted by molar-refractivity contribution is 6.28. The first kappa shape index (κ1) is 12.3. The van der Waals surface area contributed by atoms with E-state index in [1.807, 2.05) is 24.4 Å². The molecule has 0 bridgehead atoms. The summed E-state index contributed by atoms with van der Waals surface area (Å²) < 4.78 is 0. The highest BCUT2D eigenvalue weighted by atomic mass is 35.5. The minimum atomic E-state index is 0.253. The normalized spacial score (nSPS) is 15.5. The van der Waals surface area contributed by atoms with Crippen LogP contribution in [0.25, 0.3) is 11.3 Å². The predicted molar refractivity (Wildman–Crippen MR) is 75.4 cm³/mol. The second-order valence-corrected chi connectivity index (χ2v) is 4.69. The van der Waals surface area contributed by atoms with E-state index >= 15 is 0 Å². The largest absolute Gasteiger partial charge is 0.354 e. The molecule has 1 aliphatic rings. The molecule has 0 unspecified atom stereocenters. The van der Waals surface area contributed by atoms with Crippen LogP contribution in [0, 0.1) is 0 Å². The van der Waals surface area contributed by atoms with E-state index in [9.17, 15) is 0 Å². The summed E-state index contributed by atoms with van der Waals surface area (Å²) in [7, 11) is 0. The molecule has 1 saturated heterocycles. The van der Waals surface area contributed by atoms with Crippen LogP contribution in [0.2, 0.25) is 5.28 Å². The molecule has 0 atom stereocenters. The van der Waals surface area contributed by atoms with Gasteiger partial charge in [0.15, 0.2) is 0 Å². The standard InChI is InChI=1S/C13H14ClN5/c14-13-16-4-3-11(18-13)10-1-2-12(17-9-10)19-7-5-15-6-8-19/h1-4,9,15H,5-8H2. The van der Waals surface area contributed by atoms with Crippen molar-refractivity contribution in [3.63, 3.8) is 0 Å². The third-order valence-corrected chi connectivity index (χ3v) is 3.29. The Morgan fingerprint density at radius 3 is 2.63 bits per heavy atom. The Morgan fingerprint density at radius 2 is 1.95 bits per heavy atom. The predicted octanol–water partition coefficient (Wildman–Crippen LogP) is 1.60. The van der Waals surface area contributed by atoms with Crippen molar-refractivity contribution in [3.8, 4) is 11.3 Å². The number of nitrogens with zero attached hydrogens (tertiary/aromatic N) is 4. The fourth-order valence-electron chi connectivity index (χ4n) is 2.11. The lowest BCUT2D eigenvalue weighted by Gasteiger charge is -2.28. The lowest BCUT2D eigenvalue weighted by molar-refractivity contribution is 0.585. The lowest BCUT2D eigenvalue weighted by Crippen LogP contribution is -2.43. The number of rotatable bonds is 2. The number of hydrogen-bond acceptors (Lipinski definition) is 5. The molecular formula is C13H14ClN5. The van der Waals surface area contributed by atoms with Crippen LogP contribution in [0.3, 0.4) is 0 Å². The van der Waals surface area contributed by atoms with Crippen molar-refractivity contribution in [1.29, 1.82) is 0 Å². The summed E-state index contributed by atoms with van der Waals surface area (Å²) in [5.41, 5.74) is 1.74. The maximum absolute atomic E-state index is 5.79. The van der Waals surface area contributed by atoms with Crippen LogP contribution in [-0.4, -0.2) is 41.1 Å². The van der Waals surface area contributed by atoms with Gasteiger partial charge in [-0.05, 0) is 29.8 Å². The molecule has 0 radical (unpaired) electrons.